The fourth-order valence-corrected chi connectivity index (χ4v) is 3.89. The zero-order valence-corrected chi connectivity index (χ0v) is 13.3. The molecule has 21 heavy (non-hydrogen) atoms. The van der Waals surface area contributed by atoms with Crippen LogP contribution in [0.5, 0.6) is 0 Å². The molecule has 3 fully saturated rings. The SMILES string of the molecule is CC1(C(=O)N2CCC(CN3CCOCC3)CC2)CCCN1. The Morgan fingerprint density at radius 3 is 2.57 bits per heavy atom. The van der Waals surface area contributed by atoms with E-state index in [0.717, 1.165) is 77.5 Å². The summed E-state index contributed by atoms with van der Waals surface area (Å²) in [6, 6.07) is 0. The summed E-state index contributed by atoms with van der Waals surface area (Å²) in [5, 5.41) is 3.39. The number of amides is 1. The van der Waals surface area contributed by atoms with E-state index >= 15 is 0 Å². The van der Waals surface area contributed by atoms with Gasteiger partial charge in [-0.1, -0.05) is 0 Å². The van der Waals surface area contributed by atoms with Crippen LogP contribution in [0, 0.1) is 5.92 Å². The molecule has 3 aliphatic heterocycles. The molecule has 1 N–H and O–H groups in total. The van der Waals surface area contributed by atoms with Gasteiger partial charge in [-0.15, -0.1) is 0 Å². The number of carbonyl (C=O) groups is 1. The monoisotopic (exact) mass is 295 g/mol. The van der Waals surface area contributed by atoms with Gasteiger partial charge in [0.25, 0.3) is 0 Å². The summed E-state index contributed by atoms with van der Waals surface area (Å²) < 4.78 is 5.40. The predicted molar refractivity (Wildman–Crippen MR) is 82.2 cm³/mol. The maximum Gasteiger partial charge on any atom is 0.242 e. The molecule has 0 radical (unpaired) electrons. The van der Waals surface area contributed by atoms with E-state index in [1.54, 1.807) is 0 Å². The number of nitrogens with zero attached hydrogens (tertiary/aromatic N) is 2. The second-order valence-corrected chi connectivity index (χ2v) is 7.01. The molecule has 3 aliphatic rings. The molecule has 0 aromatic rings. The molecule has 0 spiro atoms. The highest BCUT2D eigenvalue weighted by Gasteiger charge is 2.39. The molecule has 3 rings (SSSR count). The van der Waals surface area contributed by atoms with Gasteiger partial charge in [-0.05, 0) is 45.1 Å². The predicted octanol–water partition coefficient (Wildman–Crippen LogP) is 0.699. The third-order valence-electron chi connectivity index (χ3n) is 5.36. The smallest absolute Gasteiger partial charge is 0.242 e. The molecule has 5 nitrogen and oxygen atoms in total. The Morgan fingerprint density at radius 2 is 1.95 bits per heavy atom. The first kappa shape index (κ1) is 15.3. The minimum absolute atomic E-state index is 0.295. The van der Waals surface area contributed by atoms with Crippen LogP contribution < -0.4 is 5.32 Å². The van der Waals surface area contributed by atoms with Crippen LogP contribution in [0.1, 0.15) is 32.6 Å². The van der Waals surface area contributed by atoms with Crippen molar-refractivity contribution in [3.05, 3.63) is 0 Å². The van der Waals surface area contributed by atoms with Crippen LogP contribution in [0.15, 0.2) is 0 Å². The van der Waals surface area contributed by atoms with E-state index < -0.39 is 0 Å². The fourth-order valence-electron chi connectivity index (χ4n) is 3.89. The van der Waals surface area contributed by atoms with Crippen LogP contribution >= 0.6 is 0 Å². The number of nitrogens with one attached hydrogen (secondary N) is 1. The van der Waals surface area contributed by atoms with Gasteiger partial charge in [-0.25, -0.2) is 0 Å². The Labute approximate surface area is 128 Å². The van der Waals surface area contributed by atoms with E-state index in [0.29, 0.717) is 5.91 Å². The summed E-state index contributed by atoms with van der Waals surface area (Å²) in [6.07, 6.45) is 4.41. The Balaban J connectivity index is 1.45. The van der Waals surface area contributed by atoms with Gasteiger partial charge < -0.3 is 15.0 Å². The van der Waals surface area contributed by atoms with Crippen LogP contribution in [0.4, 0.5) is 0 Å². The van der Waals surface area contributed by atoms with Crippen molar-refractivity contribution in [3.63, 3.8) is 0 Å². The third-order valence-corrected chi connectivity index (χ3v) is 5.36. The minimum Gasteiger partial charge on any atom is -0.379 e. The van der Waals surface area contributed by atoms with E-state index in [1.165, 1.54) is 6.54 Å². The highest BCUT2D eigenvalue weighted by molar-refractivity contribution is 5.86. The largest absolute Gasteiger partial charge is 0.379 e. The minimum atomic E-state index is -0.295. The molecular formula is C16H29N3O2. The number of rotatable bonds is 3. The van der Waals surface area contributed by atoms with Gasteiger partial charge in [-0.2, -0.15) is 0 Å². The topological polar surface area (TPSA) is 44.8 Å². The summed E-state index contributed by atoms with van der Waals surface area (Å²) in [6.45, 7) is 10.00. The Hall–Kier alpha value is -0.650. The van der Waals surface area contributed by atoms with Crippen molar-refractivity contribution in [2.75, 3.05) is 52.5 Å². The van der Waals surface area contributed by atoms with E-state index in [9.17, 15) is 4.79 Å². The summed E-state index contributed by atoms with van der Waals surface area (Å²) in [5.74, 6) is 1.07. The zero-order chi connectivity index (χ0) is 14.7. The van der Waals surface area contributed by atoms with Crippen molar-refractivity contribution in [2.45, 2.75) is 38.1 Å². The van der Waals surface area contributed by atoms with Crippen molar-refractivity contribution in [3.8, 4) is 0 Å². The number of morpholine rings is 1. The molecule has 0 aliphatic carbocycles. The van der Waals surface area contributed by atoms with Gasteiger partial charge in [0.1, 0.15) is 0 Å². The second kappa shape index (κ2) is 6.63. The van der Waals surface area contributed by atoms with E-state index in [1.807, 2.05) is 0 Å². The van der Waals surface area contributed by atoms with Crippen LogP contribution in [-0.2, 0) is 9.53 Å². The number of hydrogen-bond acceptors (Lipinski definition) is 4. The molecule has 1 atom stereocenters. The fraction of sp³-hybridized carbons (Fsp3) is 0.938. The van der Waals surface area contributed by atoms with Gasteiger partial charge in [0.05, 0.1) is 18.8 Å². The Kier molecular flexibility index (Phi) is 4.82. The molecule has 0 saturated carbocycles. The highest BCUT2D eigenvalue weighted by Crippen LogP contribution is 2.25. The van der Waals surface area contributed by atoms with Crippen LogP contribution in [-0.4, -0.2) is 73.7 Å². The van der Waals surface area contributed by atoms with Crippen molar-refractivity contribution in [2.24, 2.45) is 5.92 Å². The molecule has 120 valence electrons. The van der Waals surface area contributed by atoms with Crippen molar-refractivity contribution < 1.29 is 9.53 Å². The lowest BCUT2D eigenvalue weighted by Crippen LogP contribution is -2.55. The lowest BCUT2D eigenvalue weighted by atomic mass is 9.92. The quantitative estimate of drug-likeness (QED) is 0.832. The molecule has 1 unspecified atom stereocenters. The van der Waals surface area contributed by atoms with Gasteiger partial charge >= 0.3 is 0 Å². The molecule has 0 bridgehead atoms. The number of hydrogen-bond donors (Lipinski definition) is 1. The number of ether oxygens (including phenoxy) is 1. The van der Waals surface area contributed by atoms with Gasteiger partial charge in [0.15, 0.2) is 0 Å². The van der Waals surface area contributed by atoms with Crippen molar-refractivity contribution in [1.82, 2.24) is 15.1 Å². The number of likely N-dealkylation sites (tertiary alicyclic amines) is 1. The molecule has 3 saturated heterocycles. The first-order chi connectivity index (χ1) is 10.2. The summed E-state index contributed by atoms with van der Waals surface area (Å²) in [5.41, 5.74) is -0.295. The number of piperidine rings is 1. The molecular weight excluding hydrogens is 266 g/mol. The van der Waals surface area contributed by atoms with Crippen molar-refractivity contribution >= 4 is 5.91 Å². The Morgan fingerprint density at radius 1 is 1.24 bits per heavy atom. The number of carbonyl (C=O) groups excluding carboxylic acids is 1. The lowest BCUT2D eigenvalue weighted by molar-refractivity contribution is -0.138. The summed E-state index contributed by atoms with van der Waals surface area (Å²) in [7, 11) is 0. The van der Waals surface area contributed by atoms with Gasteiger partial charge in [-0.3, -0.25) is 9.69 Å². The van der Waals surface area contributed by atoms with E-state index in [4.69, 9.17) is 4.74 Å². The Bertz CT molecular complexity index is 355. The lowest BCUT2D eigenvalue weighted by Gasteiger charge is -2.39. The molecule has 1 amide bonds. The van der Waals surface area contributed by atoms with E-state index in [2.05, 4.69) is 22.0 Å². The van der Waals surface area contributed by atoms with Gasteiger partial charge in [0.2, 0.25) is 5.91 Å². The first-order valence-electron chi connectivity index (χ1n) is 8.52. The second-order valence-electron chi connectivity index (χ2n) is 7.01. The summed E-state index contributed by atoms with van der Waals surface area (Å²) >= 11 is 0. The standard InChI is InChI=1S/C16H29N3O2/c1-16(5-2-6-17-16)15(20)19-7-3-14(4-8-19)13-18-9-11-21-12-10-18/h14,17H,2-13H2,1H3. The average Bonchev–Trinajstić information content (AvgIpc) is 2.96. The molecule has 0 aromatic heterocycles. The summed E-state index contributed by atoms with van der Waals surface area (Å²) in [4.78, 5) is 17.3. The van der Waals surface area contributed by atoms with Crippen molar-refractivity contribution in [1.29, 1.82) is 0 Å². The average molecular weight is 295 g/mol. The molecule has 0 aromatic carbocycles. The van der Waals surface area contributed by atoms with Crippen LogP contribution in [0.25, 0.3) is 0 Å². The normalized spacial score (nSPS) is 32.5. The van der Waals surface area contributed by atoms with Crippen LogP contribution in [0.3, 0.4) is 0 Å². The highest BCUT2D eigenvalue weighted by atomic mass is 16.5. The molecule has 5 heteroatoms. The zero-order valence-electron chi connectivity index (χ0n) is 13.3. The molecule has 3 heterocycles. The van der Waals surface area contributed by atoms with E-state index in [-0.39, 0.29) is 5.54 Å². The maximum atomic E-state index is 12.7. The maximum absolute atomic E-state index is 12.7. The first-order valence-corrected chi connectivity index (χ1v) is 8.52. The third kappa shape index (κ3) is 3.58. The van der Waals surface area contributed by atoms with Crippen LogP contribution in [0.2, 0.25) is 0 Å². The van der Waals surface area contributed by atoms with Gasteiger partial charge in [0, 0.05) is 32.7 Å².